The van der Waals surface area contributed by atoms with E-state index in [0.29, 0.717) is 12.2 Å². The fourth-order valence-electron chi connectivity index (χ4n) is 1.20. The van der Waals surface area contributed by atoms with Crippen LogP contribution in [0.3, 0.4) is 0 Å². The van der Waals surface area contributed by atoms with Crippen LogP contribution in [0.1, 0.15) is 27.0 Å². The molecule has 0 aromatic rings. The Kier molecular flexibility index (Phi) is 0.537. The Bertz CT molecular complexity index is 105. The van der Waals surface area contributed by atoms with E-state index < -0.39 is 0 Å². The SMILES string of the molecule is [3H]C1CCC2OC2C1. The van der Waals surface area contributed by atoms with Crippen LogP contribution in [0.25, 0.3) is 0 Å². The lowest BCUT2D eigenvalue weighted by Gasteiger charge is -2.00. The molecule has 1 aliphatic carbocycles. The number of fused-ring (bicyclic) bond motifs is 1. The highest BCUT2D eigenvalue weighted by atomic mass is 16.6. The summed E-state index contributed by atoms with van der Waals surface area (Å²) >= 11 is 0. The second kappa shape index (κ2) is 1.22. The summed E-state index contributed by atoms with van der Waals surface area (Å²) < 4.78 is 12.6. The zero-order valence-corrected chi connectivity index (χ0v) is 4.26. The molecule has 1 aliphatic heterocycles. The topological polar surface area (TPSA) is 12.5 Å². The van der Waals surface area contributed by atoms with Gasteiger partial charge in [0.1, 0.15) is 0 Å². The van der Waals surface area contributed by atoms with Crippen molar-refractivity contribution in [2.75, 3.05) is 0 Å². The van der Waals surface area contributed by atoms with Crippen LogP contribution in [-0.4, -0.2) is 12.2 Å². The summed E-state index contributed by atoms with van der Waals surface area (Å²) in [5, 5.41) is 0. The van der Waals surface area contributed by atoms with Crippen molar-refractivity contribution in [1.29, 1.82) is 0 Å². The van der Waals surface area contributed by atoms with Crippen LogP contribution in [0.15, 0.2) is 0 Å². The van der Waals surface area contributed by atoms with Crippen LogP contribution in [0.2, 0.25) is 0 Å². The molecule has 0 spiro atoms. The molecular formula is C6H10O. The zero-order valence-electron chi connectivity index (χ0n) is 5.26. The molecule has 7 heavy (non-hydrogen) atoms. The van der Waals surface area contributed by atoms with Crippen molar-refractivity contribution < 1.29 is 6.11 Å². The predicted molar refractivity (Wildman–Crippen MR) is 27.1 cm³/mol. The smallest absolute Gasteiger partial charge is 0.0841 e. The molecule has 40 valence electrons. The van der Waals surface area contributed by atoms with Gasteiger partial charge in [-0.3, -0.25) is 0 Å². The first-order valence-corrected chi connectivity index (χ1v) is 2.94. The Hall–Kier alpha value is -0.0400. The van der Waals surface area contributed by atoms with Crippen molar-refractivity contribution in [2.45, 2.75) is 37.9 Å². The third-order valence-corrected chi connectivity index (χ3v) is 1.74. The number of rotatable bonds is 0. The van der Waals surface area contributed by atoms with E-state index in [4.69, 9.17) is 6.11 Å². The van der Waals surface area contributed by atoms with E-state index in [2.05, 4.69) is 0 Å². The van der Waals surface area contributed by atoms with Gasteiger partial charge < -0.3 is 4.74 Å². The minimum atomic E-state index is 0.179. The molecule has 1 heterocycles. The van der Waals surface area contributed by atoms with E-state index >= 15 is 0 Å². The summed E-state index contributed by atoms with van der Waals surface area (Å²) in [5.74, 6) is 0. The van der Waals surface area contributed by atoms with Crippen molar-refractivity contribution in [3.05, 3.63) is 0 Å². The van der Waals surface area contributed by atoms with Crippen LogP contribution < -0.4 is 0 Å². The summed E-state index contributed by atoms with van der Waals surface area (Å²) in [6.45, 7) is 0. The molecule has 0 N–H and O–H groups in total. The van der Waals surface area contributed by atoms with Gasteiger partial charge in [-0.2, -0.15) is 0 Å². The Morgan fingerprint density at radius 2 is 2.29 bits per heavy atom. The van der Waals surface area contributed by atoms with E-state index in [1.54, 1.807) is 0 Å². The lowest BCUT2D eigenvalue weighted by Crippen LogP contribution is -2.00. The molecule has 3 atom stereocenters. The summed E-state index contributed by atoms with van der Waals surface area (Å²) in [5.41, 5.74) is 0. The van der Waals surface area contributed by atoms with E-state index in [1.165, 1.54) is 0 Å². The molecule has 1 heteroatoms. The maximum absolute atomic E-state index is 7.35. The van der Waals surface area contributed by atoms with Crippen molar-refractivity contribution in [1.82, 2.24) is 0 Å². The van der Waals surface area contributed by atoms with Gasteiger partial charge in [-0.15, -0.1) is 0 Å². The van der Waals surface area contributed by atoms with Gasteiger partial charge in [-0.25, -0.2) is 0 Å². The molecular weight excluding hydrogens is 88.1 g/mol. The number of hydrogen-bond acceptors (Lipinski definition) is 1. The van der Waals surface area contributed by atoms with Crippen molar-refractivity contribution in [3.8, 4) is 0 Å². The summed E-state index contributed by atoms with van der Waals surface area (Å²) in [6, 6.07) is 0. The van der Waals surface area contributed by atoms with Gasteiger partial charge in [-0.05, 0) is 12.8 Å². The third-order valence-electron chi connectivity index (χ3n) is 1.74. The average molecular weight is 100 g/mol. The maximum atomic E-state index is 7.35. The van der Waals surface area contributed by atoms with Gasteiger partial charge in [0.25, 0.3) is 0 Å². The van der Waals surface area contributed by atoms with Gasteiger partial charge >= 0.3 is 0 Å². The Labute approximate surface area is 45.1 Å². The predicted octanol–water partition coefficient (Wildman–Crippen LogP) is 1.33. The molecule has 1 saturated heterocycles. The molecule has 0 amide bonds. The summed E-state index contributed by atoms with van der Waals surface area (Å²) in [7, 11) is 0. The summed E-state index contributed by atoms with van der Waals surface area (Å²) in [6.07, 6.45) is 4.42. The quantitative estimate of drug-likeness (QED) is 0.418. The first-order valence-electron chi connectivity index (χ1n) is 3.52. The molecule has 3 unspecified atom stereocenters. The standard InChI is InChI=1S/C6H10O/c1-2-4-6-5(3-1)7-6/h5-6H,1-4H2/i1T. The van der Waals surface area contributed by atoms with Crippen molar-refractivity contribution in [3.63, 3.8) is 0 Å². The van der Waals surface area contributed by atoms with E-state index in [9.17, 15) is 0 Å². The highest BCUT2D eigenvalue weighted by Gasteiger charge is 2.39. The average Bonchev–Trinajstić information content (AvgIpc) is 2.43. The fraction of sp³-hybridized carbons (Fsp3) is 1.00. The molecule has 0 bridgehead atoms. The minimum Gasteiger partial charge on any atom is -0.370 e. The highest BCUT2D eigenvalue weighted by molar-refractivity contribution is 4.87. The number of hydrogen-bond donors (Lipinski definition) is 0. The summed E-state index contributed by atoms with van der Waals surface area (Å²) in [4.78, 5) is 0. The van der Waals surface area contributed by atoms with Crippen LogP contribution in [0, 0.1) is 0 Å². The third kappa shape index (κ3) is 0.556. The molecule has 2 aliphatic rings. The van der Waals surface area contributed by atoms with Gasteiger partial charge in [0.2, 0.25) is 0 Å². The maximum Gasteiger partial charge on any atom is 0.0841 e. The largest absolute Gasteiger partial charge is 0.370 e. The second-order valence-electron chi connectivity index (χ2n) is 2.31. The second-order valence-corrected chi connectivity index (χ2v) is 2.31. The zero-order chi connectivity index (χ0) is 5.56. The first kappa shape index (κ1) is 3.08. The van der Waals surface area contributed by atoms with Crippen molar-refractivity contribution >= 4 is 0 Å². The molecule has 1 nitrogen and oxygen atoms in total. The minimum absolute atomic E-state index is 0.179. The van der Waals surface area contributed by atoms with Crippen LogP contribution in [0.5, 0.6) is 0 Å². The molecule has 0 radical (unpaired) electrons. The van der Waals surface area contributed by atoms with Crippen LogP contribution in [-0.2, 0) is 4.74 Å². The van der Waals surface area contributed by atoms with Crippen LogP contribution >= 0.6 is 0 Å². The van der Waals surface area contributed by atoms with Crippen molar-refractivity contribution in [2.24, 2.45) is 0 Å². The molecule has 0 aromatic carbocycles. The molecule has 2 rings (SSSR count). The van der Waals surface area contributed by atoms with Gasteiger partial charge in [-0.1, -0.05) is 12.8 Å². The molecule has 0 aromatic heterocycles. The first-order chi connectivity index (χ1) is 3.86. The van der Waals surface area contributed by atoms with Crippen LogP contribution in [0.4, 0.5) is 0 Å². The lowest BCUT2D eigenvalue weighted by atomic mass is 10.0. The fourth-order valence-corrected chi connectivity index (χ4v) is 1.20. The van der Waals surface area contributed by atoms with E-state index in [0.717, 1.165) is 19.3 Å². The number of ether oxygens (including phenoxy) is 1. The normalized spacial score (nSPS) is 60.6. The monoisotopic (exact) mass is 100 g/mol. The highest BCUT2D eigenvalue weighted by Crippen LogP contribution is 2.35. The molecule has 1 saturated carbocycles. The molecule has 2 fully saturated rings. The van der Waals surface area contributed by atoms with E-state index in [-0.39, 0.29) is 6.40 Å². The van der Waals surface area contributed by atoms with E-state index in [1.807, 2.05) is 0 Å². The number of epoxide rings is 1. The van der Waals surface area contributed by atoms with Gasteiger partial charge in [0, 0.05) is 1.37 Å². The van der Waals surface area contributed by atoms with Gasteiger partial charge in [0.15, 0.2) is 0 Å². The Balaban J connectivity index is 1.93. The lowest BCUT2D eigenvalue weighted by molar-refractivity contribution is 0.373. The Morgan fingerprint density at radius 1 is 1.43 bits per heavy atom. The van der Waals surface area contributed by atoms with Gasteiger partial charge in [0.05, 0.1) is 12.2 Å². The Morgan fingerprint density at radius 3 is 3.00 bits per heavy atom.